The summed E-state index contributed by atoms with van der Waals surface area (Å²) in [5.74, 6) is 1.82. The molecule has 7 nitrogen and oxygen atoms in total. The molecule has 0 bridgehead atoms. The molecule has 3 aromatic rings. The quantitative estimate of drug-likeness (QED) is 0.548. The minimum atomic E-state index is -0.640. The number of likely N-dealkylation sites (N-methyl/N-ethyl adjacent to an activating group) is 1. The molecule has 1 atom stereocenters. The van der Waals surface area contributed by atoms with Gasteiger partial charge in [-0.15, -0.1) is 0 Å². The molecule has 8 heteroatoms. The van der Waals surface area contributed by atoms with Crippen LogP contribution in [-0.4, -0.2) is 41.2 Å². The van der Waals surface area contributed by atoms with E-state index in [1.54, 1.807) is 38.4 Å². The molecule has 1 heterocycles. The van der Waals surface area contributed by atoms with Gasteiger partial charge in [0.15, 0.2) is 6.10 Å². The highest BCUT2D eigenvalue weighted by atomic mass is 35.5. The molecular weight excluding hydrogens is 394 g/mol. The number of benzene rings is 2. The van der Waals surface area contributed by atoms with E-state index in [9.17, 15) is 4.79 Å². The van der Waals surface area contributed by atoms with Crippen LogP contribution in [0.5, 0.6) is 11.5 Å². The van der Waals surface area contributed by atoms with Crippen LogP contribution in [0.15, 0.2) is 53.1 Å². The summed E-state index contributed by atoms with van der Waals surface area (Å²) in [6, 6.07) is 14.3. The molecular formula is C21H22ClN3O4. The van der Waals surface area contributed by atoms with Crippen molar-refractivity contribution in [3.63, 3.8) is 0 Å². The molecule has 0 fully saturated rings. The maximum atomic E-state index is 12.8. The Labute approximate surface area is 174 Å². The number of methoxy groups -OCH3 is 1. The van der Waals surface area contributed by atoms with Gasteiger partial charge in [-0.3, -0.25) is 4.79 Å². The van der Waals surface area contributed by atoms with Crippen LogP contribution < -0.4 is 9.47 Å². The SMILES string of the molecule is CCC(Oc1cccc(Cl)c1)C(=O)N(C)Cc1nc(-c2cccc(OC)c2)no1. The first-order valence-corrected chi connectivity index (χ1v) is 9.52. The summed E-state index contributed by atoms with van der Waals surface area (Å²) in [5.41, 5.74) is 0.768. The van der Waals surface area contributed by atoms with Crippen molar-refractivity contribution in [2.75, 3.05) is 14.2 Å². The molecule has 0 radical (unpaired) electrons. The fraction of sp³-hybridized carbons (Fsp3) is 0.286. The zero-order chi connectivity index (χ0) is 20.8. The van der Waals surface area contributed by atoms with Crippen LogP contribution in [0.25, 0.3) is 11.4 Å². The Kier molecular flexibility index (Phi) is 6.72. The smallest absolute Gasteiger partial charge is 0.263 e. The van der Waals surface area contributed by atoms with Crippen LogP contribution in [0, 0.1) is 0 Å². The Bertz CT molecular complexity index is 976. The number of halogens is 1. The Hall–Kier alpha value is -3.06. The third-order valence-electron chi connectivity index (χ3n) is 4.27. The Morgan fingerprint density at radius 3 is 2.69 bits per heavy atom. The fourth-order valence-corrected chi connectivity index (χ4v) is 2.92. The second-order valence-electron chi connectivity index (χ2n) is 6.41. The Morgan fingerprint density at radius 1 is 1.21 bits per heavy atom. The third kappa shape index (κ3) is 5.26. The number of rotatable bonds is 8. The molecule has 1 aromatic heterocycles. The van der Waals surface area contributed by atoms with Crippen LogP contribution in [0.3, 0.4) is 0 Å². The highest BCUT2D eigenvalue weighted by molar-refractivity contribution is 6.30. The van der Waals surface area contributed by atoms with Crippen molar-refractivity contribution < 1.29 is 18.8 Å². The van der Waals surface area contributed by atoms with E-state index in [4.69, 9.17) is 25.6 Å². The maximum absolute atomic E-state index is 12.8. The second kappa shape index (κ2) is 9.43. The van der Waals surface area contributed by atoms with E-state index >= 15 is 0 Å². The minimum Gasteiger partial charge on any atom is -0.497 e. The van der Waals surface area contributed by atoms with Crippen LogP contribution in [0.1, 0.15) is 19.2 Å². The second-order valence-corrected chi connectivity index (χ2v) is 6.85. The van der Waals surface area contributed by atoms with E-state index in [1.165, 1.54) is 4.90 Å². The molecule has 0 saturated carbocycles. The van der Waals surface area contributed by atoms with E-state index in [1.807, 2.05) is 31.2 Å². The molecule has 152 valence electrons. The average Bonchev–Trinajstić information content (AvgIpc) is 3.20. The number of aromatic nitrogens is 2. The van der Waals surface area contributed by atoms with Crippen molar-refractivity contribution in [3.05, 3.63) is 59.4 Å². The fourth-order valence-electron chi connectivity index (χ4n) is 2.74. The monoisotopic (exact) mass is 415 g/mol. The standard InChI is InChI=1S/C21H22ClN3O4/c1-4-18(28-17-10-6-8-15(22)12-17)21(26)25(2)13-19-23-20(24-29-19)14-7-5-9-16(11-14)27-3/h5-12,18H,4,13H2,1-3H3. The molecule has 3 rings (SSSR count). The number of nitrogens with zero attached hydrogens (tertiary/aromatic N) is 3. The van der Waals surface area contributed by atoms with Gasteiger partial charge in [0.25, 0.3) is 5.91 Å². The summed E-state index contributed by atoms with van der Waals surface area (Å²) < 4.78 is 16.3. The van der Waals surface area contributed by atoms with Crippen molar-refractivity contribution >= 4 is 17.5 Å². The van der Waals surface area contributed by atoms with Gasteiger partial charge in [-0.1, -0.05) is 41.9 Å². The Morgan fingerprint density at radius 2 is 1.97 bits per heavy atom. The lowest BCUT2D eigenvalue weighted by atomic mass is 10.2. The van der Waals surface area contributed by atoms with Crippen molar-refractivity contribution in [1.82, 2.24) is 15.0 Å². The number of amides is 1. The largest absolute Gasteiger partial charge is 0.497 e. The van der Waals surface area contributed by atoms with E-state index in [-0.39, 0.29) is 12.5 Å². The van der Waals surface area contributed by atoms with Gasteiger partial charge >= 0.3 is 0 Å². The molecule has 1 amide bonds. The van der Waals surface area contributed by atoms with Crippen LogP contribution in [0.4, 0.5) is 0 Å². The van der Waals surface area contributed by atoms with E-state index < -0.39 is 6.10 Å². The van der Waals surface area contributed by atoms with Crippen molar-refractivity contribution in [1.29, 1.82) is 0 Å². The van der Waals surface area contributed by atoms with Crippen molar-refractivity contribution in [3.8, 4) is 22.9 Å². The van der Waals surface area contributed by atoms with Gasteiger partial charge < -0.3 is 18.9 Å². The number of ether oxygens (including phenoxy) is 2. The van der Waals surface area contributed by atoms with Gasteiger partial charge in [0.1, 0.15) is 11.5 Å². The summed E-state index contributed by atoms with van der Waals surface area (Å²) in [6.07, 6.45) is -0.131. The molecule has 0 saturated heterocycles. The highest BCUT2D eigenvalue weighted by Crippen LogP contribution is 2.22. The zero-order valence-corrected chi connectivity index (χ0v) is 17.2. The topological polar surface area (TPSA) is 77.7 Å². The molecule has 1 unspecified atom stereocenters. The normalized spacial score (nSPS) is 11.7. The first-order chi connectivity index (χ1) is 14.0. The molecule has 0 N–H and O–H groups in total. The predicted octanol–water partition coefficient (Wildman–Crippen LogP) is 4.21. The highest BCUT2D eigenvalue weighted by Gasteiger charge is 2.24. The van der Waals surface area contributed by atoms with E-state index in [2.05, 4.69) is 10.1 Å². The van der Waals surface area contributed by atoms with E-state index in [0.29, 0.717) is 34.7 Å². The first kappa shape index (κ1) is 20.7. The summed E-state index contributed by atoms with van der Waals surface area (Å²) in [5, 5.41) is 4.54. The molecule has 2 aromatic carbocycles. The summed E-state index contributed by atoms with van der Waals surface area (Å²) in [6.45, 7) is 2.06. The third-order valence-corrected chi connectivity index (χ3v) is 4.50. The van der Waals surface area contributed by atoms with Crippen LogP contribution in [0.2, 0.25) is 5.02 Å². The summed E-state index contributed by atoms with van der Waals surface area (Å²) >= 11 is 5.98. The number of carbonyl (C=O) groups excluding carboxylic acids is 1. The van der Waals surface area contributed by atoms with Gasteiger partial charge in [0, 0.05) is 17.6 Å². The van der Waals surface area contributed by atoms with Gasteiger partial charge in [0.2, 0.25) is 11.7 Å². The average molecular weight is 416 g/mol. The predicted molar refractivity (Wildman–Crippen MR) is 109 cm³/mol. The minimum absolute atomic E-state index is 0.172. The van der Waals surface area contributed by atoms with Gasteiger partial charge in [0.05, 0.1) is 13.7 Å². The molecule has 0 spiro atoms. The summed E-state index contributed by atoms with van der Waals surface area (Å²) in [7, 11) is 3.26. The Balaban J connectivity index is 1.66. The lowest BCUT2D eigenvalue weighted by Gasteiger charge is -2.22. The van der Waals surface area contributed by atoms with E-state index in [0.717, 1.165) is 5.56 Å². The first-order valence-electron chi connectivity index (χ1n) is 9.14. The number of hydrogen-bond donors (Lipinski definition) is 0. The number of carbonyl (C=O) groups is 1. The zero-order valence-electron chi connectivity index (χ0n) is 16.5. The van der Waals surface area contributed by atoms with Gasteiger partial charge in [-0.05, 0) is 36.8 Å². The molecule has 0 aliphatic heterocycles. The lowest BCUT2D eigenvalue weighted by Crippen LogP contribution is -2.39. The molecule has 0 aliphatic carbocycles. The van der Waals surface area contributed by atoms with Crippen molar-refractivity contribution in [2.45, 2.75) is 26.0 Å². The van der Waals surface area contributed by atoms with Gasteiger partial charge in [-0.25, -0.2) is 0 Å². The lowest BCUT2D eigenvalue weighted by molar-refractivity contribution is -0.138. The summed E-state index contributed by atoms with van der Waals surface area (Å²) in [4.78, 5) is 18.7. The maximum Gasteiger partial charge on any atom is 0.263 e. The van der Waals surface area contributed by atoms with Crippen molar-refractivity contribution in [2.24, 2.45) is 0 Å². The van der Waals surface area contributed by atoms with Gasteiger partial charge in [-0.2, -0.15) is 4.98 Å². The van der Waals surface area contributed by atoms with Crippen LogP contribution >= 0.6 is 11.6 Å². The molecule has 0 aliphatic rings. The molecule has 29 heavy (non-hydrogen) atoms. The number of hydrogen-bond acceptors (Lipinski definition) is 6. The van der Waals surface area contributed by atoms with Crippen LogP contribution in [-0.2, 0) is 11.3 Å².